The summed E-state index contributed by atoms with van der Waals surface area (Å²) in [7, 11) is 3.00. The van der Waals surface area contributed by atoms with Crippen molar-refractivity contribution in [3.05, 3.63) is 53.6 Å². The molecule has 0 bridgehead atoms. The summed E-state index contributed by atoms with van der Waals surface area (Å²) in [5.74, 6) is -1.57. The minimum Gasteiger partial charge on any atom is -0.497 e. The third kappa shape index (κ3) is 5.67. The molecule has 8 heteroatoms. The van der Waals surface area contributed by atoms with Crippen LogP contribution in [0.4, 0.5) is 14.5 Å². The summed E-state index contributed by atoms with van der Waals surface area (Å²) in [6, 6.07) is 7.74. The first kappa shape index (κ1) is 20.2. The van der Waals surface area contributed by atoms with Crippen LogP contribution >= 0.6 is 0 Å². The topological polar surface area (TPSA) is 76.7 Å². The molecular formula is C19H20F2N2O4. The number of halogens is 2. The van der Waals surface area contributed by atoms with Gasteiger partial charge in [-0.2, -0.15) is 0 Å². The average molecular weight is 378 g/mol. The van der Waals surface area contributed by atoms with Crippen molar-refractivity contribution in [2.24, 2.45) is 0 Å². The molecule has 27 heavy (non-hydrogen) atoms. The molecule has 0 unspecified atom stereocenters. The number of benzene rings is 2. The second-order valence-corrected chi connectivity index (χ2v) is 5.60. The van der Waals surface area contributed by atoms with E-state index < -0.39 is 17.5 Å². The SMILES string of the molecule is COc1ccc(OC)c(NC(=O)CCCNC(=O)c2ccc(F)cc2F)c1. The fraction of sp³-hybridized carbons (Fsp3) is 0.263. The number of hydrogen-bond donors (Lipinski definition) is 2. The van der Waals surface area contributed by atoms with E-state index in [1.807, 2.05) is 0 Å². The molecule has 0 saturated carbocycles. The highest BCUT2D eigenvalue weighted by molar-refractivity contribution is 5.94. The quantitative estimate of drug-likeness (QED) is 0.692. The smallest absolute Gasteiger partial charge is 0.254 e. The van der Waals surface area contributed by atoms with E-state index in [0.29, 0.717) is 29.7 Å². The summed E-state index contributed by atoms with van der Waals surface area (Å²) >= 11 is 0. The highest BCUT2D eigenvalue weighted by Crippen LogP contribution is 2.28. The summed E-state index contributed by atoms with van der Waals surface area (Å²) in [4.78, 5) is 23.9. The average Bonchev–Trinajstić information content (AvgIpc) is 2.65. The van der Waals surface area contributed by atoms with E-state index in [1.165, 1.54) is 14.2 Å². The Balaban J connectivity index is 1.82. The molecule has 0 radical (unpaired) electrons. The van der Waals surface area contributed by atoms with Crippen molar-refractivity contribution in [1.29, 1.82) is 0 Å². The first-order valence-corrected chi connectivity index (χ1v) is 8.19. The Bertz CT molecular complexity index is 827. The van der Waals surface area contributed by atoms with Crippen molar-refractivity contribution in [3.63, 3.8) is 0 Å². The standard InChI is InChI=1S/C19H20F2N2O4/c1-26-13-6-8-17(27-2)16(11-13)23-18(24)4-3-9-22-19(25)14-7-5-12(20)10-15(14)21/h5-8,10-11H,3-4,9H2,1-2H3,(H,22,25)(H,23,24). The van der Waals surface area contributed by atoms with Gasteiger partial charge in [-0.3, -0.25) is 9.59 Å². The molecule has 0 aliphatic carbocycles. The fourth-order valence-electron chi connectivity index (χ4n) is 2.34. The molecular weight excluding hydrogens is 358 g/mol. The zero-order valence-electron chi connectivity index (χ0n) is 15.0. The van der Waals surface area contributed by atoms with E-state index in [-0.39, 0.29) is 24.4 Å². The van der Waals surface area contributed by atoms with Crippen molar-refractivity contribution in [2.45, 2.75) is 12.8 Å². The second-order valence-electron chi connectivity index (χ2n) is 5.60. The van der Waals surface area contributed by atoms with Crippen LogP contribution in [-0.4, -0.2) is 32.6 Å². The van der Waals surface area contributed by atoms with Gasteiger partial charge in [0, 0.05) is 25.1 Å². The van der Waals surface area contributed by atoms with Crippen molar-refractivity contribution in [2.75, 3.05) is 26.1 Å². The fourth-order valence-corrected chi connectivity index (χ4v) is 2.34. The second kappa shape index (κ2) is 9.51. The predicted octanol–water partition coefficient (Wildman–Crippen LogP) is 3.13. The normalized spacial score (nSPS) is 10.2. The Morgan fingerprint density at radius 2 is 1.81 bits per heavy atom. The summed E-state index contributed by atoms with van der Waals surface area (Å²) in [6.07, 6.45) is 0.471. The summed E-state index contributed by atoms with van der Waals surface area (Å²) < 4.78 is 36.7. The predicted molar refractivity (Wildman–Crippen MR) is 96.1 cm³/mol. The molecule has 0 fully saturated rings. The molecule has 2 N–H and O–H groups in total. The van der Waals surface area contributed by atoms with Gasteiger partial charge in [-0.05, 0) is 30.7 Å². The number of rotatable bonds is 8. The van der Waals surface area contributed by atoms with Gasteiger partial charge in [0.2, 0.25) is 5.91 Å². The van der Waals surface area contributed by atoms with Gasteiger partial charge >= 0.3 is 0 Å². The minimum atomic E-state index is -0.935. The van der Waals surface area contributed by atoms with Crippen LogP contribution in [0, 0.1) is 11.6 Å². The van der Waals surface area contributed by atoms with E-state index in [2.05, 4.69) is 10.6 Å². The van der Waals surface area contributed by atoms with Gasteiger partial charge in [0.05, 0.1) is 25.5 Å². The van der Waals surface area contributed by atoms with Gasteiger partial charge in [-0.25, -0.2) is 8.78 Å². The van der Waals surface area contributed by atoms with E-state index in [4.69, 9.17) is 9.47 Å². The first-order chi connectivity index (χ1) is 12.9. The van der Waals surface area contributed by atoms with Gasteiger partial charge in [0.25, 0.3) is 5.91 Å². The van der Waals surface area contributed by atoms with Crippen LogP contribution < -0.4 is 20.1 Å². The number of nitrogens with one attached hydrogen (secondary N) is 2. The molecule has 0 aromatic heterocycles. The Morgan fingerprint density at radius 1 is 1.04 bits per heavy atom. The number of amides is 2. The van der Waals surface area contributed by atoms with Crippen molar-refractivity contribution in [3.8, 4) is 11.5 Å². The Labute approximate surface area is 155 Å². The molecule has 0 aliphatic rings. The molecule has 2 aromatic rings. The van der Waals surface area contributed by atoms with Gasteiger partial charge in [-0.15, -0.1) is 0 Å². The maximum atomic E-state index is 13.5. The zero-order valence-corrected chi connectivity index (χ0v) is 15.0. The number of carbonyl (C=O) groups excluding carboxylic acids is 2. The van der Waals surface area contributed by atoms with Crippen LogP contribution in [0.25, 0.3) is 0 Å². The van der Waals surface area contributed by atoms with Gasteiger partial charge in [-0.1, -0.05) is 0 Å². The lowest BCUT2D eigenvalue weighted by molar-refractivity contribution is -0.116. The zero-order chi connectivity index (χ0) is 19.8. The lowest BCUT2D eigenvalue weighted by Gasteiger charge is -2.12. The highest BCUT2D eigenvalue weighted by atomic mass is 19.1. The molecule has 6 nitrogen and oxygen atoms in total. The lowest BCUT2D eigenvalue weighted by Crippen LogP contribution is -2.26. The maximum absolute atomic E-state index is 13.5. The summed E-state index contributed by atoms with van der Waals surface area (Å²) in [5, 5.41) is 5.21. The van der Waals surface area contributed by atoms with Gasteiger partial charge in [0.1, 0.15) is 23.1 Å². The number of carbonyl (C=O) groups is 2. The summed E-state index contributed by atoms with van der Waals surface area (Å²) in [6.45, 7) is 0.165. The third-order valence-electron chi connectivity index (χ3n) is 3.72. The van der Waals surface area contributed by atoms with E-state index in [0.717, 1.165) is 12.1 Å². The Kier molecular flexibility index (Phi) is 7.10. The van der Waals surface area contributed by atoms with Crippen LogP contribution in [0.2, 0.25) is 0 Å². The molecule has 0 atom stereocenters. The summed E-state index contributed by atoms with van der Waals surface area (Å²) in [5.41, 5.74) is 0.223. The minimum absolute atomic E-state index is 0.131. The molecule has 0 heterocycles. The molecule has 0 aliphatic heterocycles. The molecule has 0 spiro atoms. The Morgan fingerprint density at radius 3 is 2.48 bits per heavy atom. The van der Waals surface area contributed by atoms with Crippen LogP contribution in [0.1, 0.15) is 23.2 Å². The maximum Gasteiger partial charge on any atom is 0.254 e. The molecule has 144 valence electrons. The van der Waals surface area contributed by atoms with Crippen molar-refractivity contribution < 1.29 is 27.8 Å². The van der Waals surface area contributed by atoms with Crippen LogP contribution in [-0.2, 0) is 4.79 Å². The van der Waals surface area contributed by atoms with Gasteiger partial charge in [0.15, 0.2) is 0 Å². The number of anilines is 1. The van der Waals surface area contributed by atoms with Gasteiger partial charge < -0.3 is 20.1 Å². The molecule has 2 aromatic carbocycles. The monoisotopic (exact) mass is 378 g/mol. The number of ether oxygens (including phenoxy) is 2. The van der Waals surface area contributed by atoms with Crippen LogP contribution in [0.3, 0.4) is 0 Å². The molecule has 2 rings (SSSR count). The highest BCUT2D eigenvalue weighted by Gasteiger charge is 2.13. The largest absolute Gasteiger partial charge is 0.497 e. The van der Waals surface area contributed by atoms with E-state index in [9.17, 15) is 18.4 Å². The van der Waals surface area contributed by atoms with Crippen molar-refractivity contribution >= 4 is 17.5 Å². The van der Waals surface area contributed by atoms with Crippen LogP contribution in [0.5, 0.6) is 11.5 Å². The number of methoxy groups -OCH3 is 2. The third-order valence-corrected chi connectivity index (χ3v) is 3.72. The van der Waals surface area contributed by atoms with E-state index >= 15 is 0 Å². The molecule has 2 amide bonds. The first-order valence-electron chi connectivity index (χ1n) is 8.19. The van der Waals surface area contributed by atoms with Crippen LogP contribution in [0.15, 0.2) is 36.4 Å². The number of hydrogen-bond acceptors (Lipinski definition) is 4. The lowest BCUT2D eigenvalue weighted by atomic mass is 10.2. The Hall–Kier alpha value is -3.16. The van der Waals surface area contributed by atoms with Crippen molar-refractivity contribution in [1.82, 2.24) is 5.32 Å². The molecule has 0 saturated heterocycles. The van der Waals surface area contributed by atoms with E-state index in [1.54, 1.807) is 18.2 Å².